The lowest BCUT2D eigenvalue weighted by Crippen LogP contribution is -2.28. The minimum atomic E-state index is -0.0257. The van der Waals surface area contributed by atoms with Crippen molar-refractivity contribution in [2.24, 2.45) is 0 Å². The first-order valence-corrected chi connectivity index (χ1v) is 8.28. The zero-order valence-corrected chi connectivity index (χ0v) is 13.1. The first kappa shape index (κ1) is 15.0. The molecular weight excluding hydrogens is 298 g/mol. The average molecular weight is 317 g/mol. The molecule has 0 bridgehead atoms. The molecule has 1 saturated heterocycles. The van der Waals surface area contributed by atoms with Gasteiger partial charge in [0, 0.05) is 37.0 Å². The number of thiophene rings is 1. The van der Waals surface area contributed by atoms with Crippen LogP contribution in [0.4, 0.5) is 5.69 Å². The summed E-state index contributed by atoms with van der Waals surface area (Å²) >= 11 is 1.53. The zero-order chi connectivity index (χ0) is 15.2. The van der Waals surface area contributed by atoms with Gasteiger partial charge in [-0.25, -0.2) is 0 Å². The van der Waals surface area contributed by atoms with Crippen molar-refractivity contribution in [2.45, 2.75) is 18.9 Å². The molecule has 22 heavy (non-hydrogen) atoms. The first-order valence-electron chi connectivity index (χ1n) is 7.46. The number of ether oxygens (including phenoxy) is 1. The first-order chi connectivity index (χ1) is 10.8. The van der Waals surface area contributed by atoms with E-state index < -0.39 is 0 Å². The summed E-state index contributed by atoms with van der Waals surface area (Å²) in [6, 6.07) is 7.70. The van der Waals surface area contributed by atoms with Gasteiger partial charge in [-0.15, -0.1) is 11.3 Å². The van der Waals surface area contributed by atoms with Gasteiger partial charge in [0.2, 0.25) is 0 Å². The zero-order valence-electron chi connectivity index (χ0n) is 12.2. The van der Waals surface area contributed by atoms with Crippen LogP contribution >= 0.6 is 11.3 Å². The van der Waals surface area contributed by atoms with Crippen LogP contribution in [-0.2, 0) is 4.74 Å². The van der Waals surface area contributed by atoms with Gasteiger partial charge in [-0.2, -0.15) is 0 Å². The van der Waals surface area contributed by atoms with Crippen LogP contribution in [0, 0.1) is 0 Å². The second kappa shape index (κ2) is 7.38. The minimum absolute atomic E-state index is 0.0257. The molecule has 1 aliphatic rings. The number of aromatic nitrogens is 1. The lowest BCUT2D eigenvalue weighted by Gasteiger charge is -2.07. The molecular formula is C16H19N3O2S. The number of nitrogens with zero attached hydrogens (tertiary/aromatic N) is 1. The van der Waals surface area contributed by atoms with Gasteiger partial charge in [-0.05, 0) is 37.1 Å². The number of hydrogen-bond donors (Lipinski definition) is 2. The summed E-state index contributed by atoms with van der Waals surface area (Å²) in [6.07, 6.45) is 5.82. The largest absolute Gasteiger partial charge is 0.382 e. The molecule has 1 unspecified atom stereocenters. The van der Waals surface area contributed by atoms with Gasteiger partial charge < -0.3 is 15.4 Å². The van der Waals surface area contributed by atoms with Crippen molar-refractivity contribution >= 4 is 22.9 Å². The summed E-state index contributed by atoms with van der Waals surface area (Å²) in [5.74, 6) is -0.0257. The van der Waals surface area contributed by atoms with Crippen LogP contribution in [0.25, 0.3) is 0 Å². The molecule has 1 atom stereocenters. The van der Waals surface area contributed by atoms with Crippen LogP contribution in [0.1, 0.15) is 33.5 Å². The monoisotopic (exact) mass is 317 g/mol. The van der Waals surface area contributed by atoms with Crippen molar-refractivity contribution in [2.75, 3.05) is 25.0 Å². The number of amides is 1. The quantitative estimate of drug-likeness (QED) is 0.804. The number of rotatable bonds is 6. The highest BCUT2D eigenvalue weighted by Crippen LogP contribution is 2.33. The predicted molar refractivity (Wildman–Crippen MR) is 87.3 cm³/mol. The minimum Gasteiger partial charge on any atom is -0.382 e. The van der Waals surface area contributed by atoms with E-state index in [1.54, 1.807) is 12.4 Å². The van der Waals surface area contributed by atoms with E-state index in [4.69, 9.17) is 4.74 Å². The number of anilines is 1. The lowest BCUT2D eigenvalue weighted by atomic mass is 10.2. The predicted octanol–water partition coefficient (Wildman–Crippen LogP) is 2.84. The summed E-state index contributed by atoms with van der Waals surface area (Å²) in [5.41, 5.74) is 0.952. The molecule has 2 aromatic rings. The SMILES string of the molecule is O=C(NCCNc1cccnc1)c1ccc(C2CCCO2)s1. The molecule has 0 radical (unpaired) electrons. The second-order valence-electron chi connectivity index (χ2n) is 5.13. The average Bonchev–Trinajstić information content (AvgIpc) is 3.22. The highest BCUT2D eigenvalue weighted by atomic mass is 32.1. The fourth-order valence-corrected chi connectivity index (χ4v) is 3.40. The Balaban J connectivity index is 1.44. The van der Waals surface area contributed by atoms with Gasteiger partial charge in [0.05, 0.1) is 16.7 Å². The number of pyridine rings is 1. The van der Waals surface area contributed by atoms with E-state index in [-0.39, 0.29) is 12.0 Å². The Kier molecular flexibility index (Phi) is 5.03. The van der Waals surface area contributed by atoms with Crippen molar-refractivity contribution < 1.29 is 9.53 Å². The van der Waals surface area contributed by atoms with Crippen LogP contribution in [0.5, 0.6) is 0 Å². The van der Waals surface area contributed by atoms with Crippen molar-refractivity contribution in [3.05, 3.63) is 46.4 Å². The van der Waals surface area contributed by atoms with E-state index in [1.807, 2.05) is 24.3 Å². The van der Waals surface area contributed by atoms with Gasteiger partial charge in [0.1, 0.15) is 0 Å². The Labute approximate surface area is 133 Å². The van der Waals surface area contributed by atoms with Crippen molar-refractivity contribution in [1.82, 2.24) is 10.3 Å². The molecule has 0 saturated carbocycles. The number of nitrogens with one attached hydrogen (secondary N) is 2. The Hall–Kier alpha value is -1.92. The third kappa shape index (κ3) is 3.84. The summed E-state index contributed by atoms with van der Waals surface area (Å²) in [5, 5.41) is 6.13. The van der Waals surface area contributed by atoms with Gasteiger partial charge in [-0.3, -0.25) is 9.78 Å². The lowest BCUT2D eigenvalue weighted by molar-refractivity contribution is 0.0959. The van der Waals surface area contributed by atoms with Crippen molar-refractivity contribution in [3.63, 3.8) is 0 Å². The Bertz CT molecular complexity index is 609. The van der Waals surface area contributed by atoms with Crippen molar-refractivity contribution in [3.8, 4) is 0 Å². The van der Waals surface area contributed by atoms with Crippen LogP contribution in [-0.4, -0.2) is 30.6 Å². The van der Waals surface area contributed by atoms with Gasteiger partial charge in [0.15, 0.2) is 0 Å². The van der Waals surface area contributed by atoms with Gasteiger partial charge >= 0.3 is 0 Å². The fraction of sp³-hybridized carbons (Fsp3) is 0.375. The normalized spacial score (nSPS) is 17.4. The number of carbonyl (C=O) groups excluding carboxylic acids is 1. The maximum Gasteiger partial charge on any atom is 0.261 e. The van der Waals surface area contributed by atoms with Crippen LogP contribution in [0.3, 0.4) is 0 Å². The molecule has 1 fully saturated rings. The van der Waals surface area contributed by atoms with Gasteiger partial charge in [-0.1, -0.05) is 0 Å². The third-order valence-electron chi connectivity index (χ3n) is 3.50. The molecule has 3 heterocycles. The summed E-state index contributed by atoms with van der Waals surface area (Å²) in [4.78, 5) is 18.0. The van der Waals surface area contributed by atoms with E-state index in [9.17, 15) is 4.79 Å². The summed E-state index contributed by atoms with van der Waals surface area (Å²) in [6.45, 7) is 2.06. The Morgan fingerprint density at radius 2 is 2.32 bits per heavy atom. The molecule has 0 aliphatic carbocycles. The molecule has 0 aromatic carbocycles. The van der Waals surface area contributed by atoms with Crippen molar-refractivity contribution in [1.29, 1.82) is 0 Å². The molecule has 3 rings (SSSR count). The molecule has 116 valence electrons. The third-order valence-corrected chi connectivity index (χ3v) is 4.67. The molecule has 2 aromatic heterocycles. The summed E-state index contributed by atoms with van der Waals surface area (Å²) < 4.78 is 5.64. The van der Waals surface area contributed by atoms with Crippen LogP contribution in [0.2, 0.25) is 0 Å². The van der Waals surface area contributed by atoms with E-state index >= 15 is 0 Å². The standard InChI is InChI=1S/C16H19N3O2S/c20-16(19-9-8-18-12-3-1-7-17-11-12)15-6-5-14(22-15)13-4-2-10-21-13/h1,3,5-7,11,13,18H,2,4,8-10H2,(H,19,20). The highest BCUT2D eigenvalue weighted by Gasteiger charge is 2.20. The molecule has 0 spiro atoms. The molecule has 1 aliphatic heterocycles. The maximum absolute atomic E-state index is 12.1. The molecule has 5 nitrogen and oxygen atoms in total. The molecule has 1 amide bonds. The van der Waals surface area contributed by atoms with E-state index in [0.717, 1.165) is 34.9 Å². The molecule has 6 heteroatoms. The van der Waals surface area contributed by atoms with E-state index in [0.29, 0.717) is 13.1 Å². The number of hydrogen-bond acceptors (Lipinski definition) is 5. The van der Waals surface area contributed by atoms with E-state index in [2.05, 4.69) is 15.6 Å². The fourth-order valence-electron chi connectivity index (χ4n) is 2.39. The van der Waals surface area contributed by atoms with Crippen LogP contribution < -0.4 is 10.6 Å². The van der Waals surface area contributed by atoms with Crippen LogP contribution in [0.15, 0.2) is 36.7 Å². The number of carbonyl (C=O) groups is 1. The molecule has 2 N–H and O–H groups in total. The Morgan fingerprint density at radius 3 is 3.09 bits per heavy atom. The topological polar surface area (TPSA) is 63.2 Å². The maximum atomic E-state index is 12.1. The van der Waals surface area contributed by atoms with E-state index in [1.165, 1.54) is 11.3 Å². The highest BCUT2D eigenvalue weighted by molar-refractivity contribution is 7.14. The smallest absolute Gasteiger partial charge is 0.261 e. The van der Waals surface area contributed by atoms with Gasteiger partial charge in [0.25, 0.3) is 5.91 Å². The Morgan fingerprint density at radius 1 is 1.36 bits per heavy atom. The summed E-state index contributed by atoms with van der Waals surface area (Å²) in [7, 11) is 0. The second-order valence-corrected chi connectivity index (χ2v) is 6.24.